The van der Waals surface area contributed by atoms with Gasteiger partial charge in [0, 0.05) is 5.69 Å². The van der Waals surface area contributed by atoms with E-state index in [2.05, 4.69) is 30.7 Å². The SMILES string of the molecule is CCOc1n[nH]c(NC(=O)c2c(C)n[nH]c2C)n1. The van der Waals surface area contributed by atoms with E-state index in [-0.39, 0.29) is 17.9 Å². The second-order valence-corrected chi connectivity index (χ2v) is 3.66. The average Bonchev–Trinajstić information content (AvgIpc) is 2.87. The first-order valence-corrected chi connectivity index (χ1v) is 5.50. The number of aryl methyl sites for hydroxylation is 2. The van der Waals surface area contributed by atoms with Gasteiger partial charge in [-0.2, -0.15) is 10.1 Å². The van der Waals surface area contributed by atoms with Gasteiger partial charge in [0.2, 0.25) is 5.95 Å². The van der Waals surface area contributed by atoms with Crippen LogP contribution >= 0.6 is 0 Å². The number of anilines is 1. The second kappa shape index (κ2) is 4.86. The van der Waals surface area contributed by atoms with Crippen LogP contribution in [0.1, 0.15) is 28.7 Å². The minimum absolute atomic E-state index is 0.202. The van der Waals surface area contributed by atoms with Crippen molar-refractivity contribution in [2.45, 2.75) is 20.8 Å². The van der Waals surface area contributed by atoms with Gasteiger partial charge in [0.25, 0.3) is 5.91 Å². The summed E-state index contributed by atoms with van der Waals surface area (Å²) in [6.45, 7) is 5.82. The first-order valence-electron chi connectivity index (χ1n) is 5.50. The van der Waals surface area contributed by atoms with Crippen molar-refractivity contribution in [3.63, 3.8) is 0 Å². The van der Waals surface area contributed by atoms with E-state index in [9.17, 15) is 4.79 Å². The zero-order valence-electron chi connectivity index (χ0n) is 10.4. The third kappa shape index (κ3) is 2.31. The van der Waals surface area contributed by atoms with E-state index in [0.717, 1.165) is 0 Å². The van der Waals surface area contributed by atoms with Crippen LogP contribution in [0, 0.1) is 13.8 Å². The van der Waals surface area contributed by atoms with E-state index in [4.69, 9.17) is 4.74 Å². The molecule has 0 aliphatic heterocycles. The van der Waals surface area contributed by atoms with Crippen molar-refractivity contribution in [2.75, 3.05) is 11.9 Å². The molecule has 0 atom stereocenters. The first kappa shape index (κ1) is 12.1. The lowest BCUT2D eigenvalue weighted by Gasteiger charge is -2.00. The maximum atomic E-state index is 12.0. The summed E-state index contributed by atoms with van der Waals surface area (Å²) in [4.78, 5) is 15.9. The van der Waals surface area contributed by atoms with Gasteiger partial charge in [-0.15, -0.1) is 5.10 Å². The molecule has 18 heavy (non-hydrogen) atoms. The number of H-pyrrole nitrogens is 2. The third-order valence-electron chi connectivity index (χ3n) is 2.33. The lowest BCUT2D eigenvalue weighted by atomic mass is 10.2. The Morgan fingerprint density at radius 1 is 1.33 bits per heavy atom. The number of ether oxygens (including phenoxy) is 1. The van der Waals surface area contributed by atoms with E-state index in [1.54, 1.807) is 13.8 Å². The Morgan fingerprint density at radius 2 is 2.11 bits per heavy atom. The van der Waals surface area contributed by atoms with Crippen molar-refractivity contribution < 1.29 is 9.53 Å². The third-order valence-corrected chi connectivity index (χ3v) is 2.33. The number of nitrogens with zero attached hydrogens (tertiary/aromatic N) is 3. The highest BCUT2D eigenvalue weighted by Crippen LogP contribution is 2.12. The van der Waals surface area contributed by atoms with Gasteiger partial charge in [-0.05, 0) is 20.8 Å². The van der Waals surface area contributed by atoms with Crippen LogP contribution in [-0.4, -0.2) is 37.9 Å². The predicted octanol–water partition coefficient (Wildman–Crippen LogP) is 0.796. The summed E-state index contributed by atoms with van der Waals surface area (Å²) in [6.07, 6.45) is 0. The molecular formula is C10H14N6O2. The smallest absolute Gasteiger partial charge is 0.337 e. The summed E-state index contributed by atoms with van der Waals surface area (Å²) < 4.78 is 5.08. The molecule has 0 radical (unpaired) electrons. The number of hydrogen-bond acceptors (Lipinski definition) is 5. The van der Waals surface area contributed by atoms with Crippen molar-refractivity contribution in [3.05, 3.63) is 17.0 Å². The monoisotopic (exact) mass is 250 g/mol. The molecule has 0 bridgehead atoms. The maximum Gasteiger partial charge on any atom is 0.337 e. The lowest BCUT2D eigenvalue weighted by Crippen LogP contribution is -2.14. The number of rotatable bonds is 4. The van der Waals surface area contributed by atoms with Crippen LogP contribution in [0.4, 0.5) is 5.95 Å². The van der Waals surface area contributed by atoms with Crippen LogP contribution in [0.5, 0.6) is 6.01 Å². The molecule has 2 rings (SSSR count). The van der Waals surface area contributed by atoms with Crippen molar-refractivity contribution in [1.29, 1.82) is 0 Å². The van der Waals surface area contributed by atoms with Gasteiger partial charge >= 0.3 is 6.01 Å². The molecule has 0 spiro atoms. The molecule has 0 fully saturated rings. The lowest BCUT2D eigenvalue weighted by molar-refractivity contribution is 0.102. The van der Waals surface area contributed by atoms with E-state index in [0.29, 0.717) is 23.6 Å². The van der Waals surface area contributed by atoms with E-state index in [1.165, 1.54) is 0 Å². The molecule has 2 aromatic rings. The largest absolute Gasteiger partial charge is 0.463 e. The molecule has 0 saturated heterocycles. The summed E-state index contributed by atoms with van der Waals surface area (Å²) in [5.41, 5.74) is 1.84. The zero-order chi connectivity index (χ0) is 13.1. The summed E-state index contributed by atoms with van der Waals surface area (Å²) in [6, 6.07) is 0.202. The fraction of sp³-hybridized carbons (Fsp3) is 0.400. The highest BCUT2D eigenvalue weighted by atomic mass is 16.5. The van der Waals surface area contributed by atoms with Crippen LogP contribution in [0.15, 0.2) is 0 Å². The van der Waals surface area contributed by atoms with Gasteiger partial charge in [-0.3, -0.25) is 15.2 Å². The molecule has 0 aromatic carbocycles. The summed E-state index contributed by atoms with van der Waals surface area (Å²) in [5, 5.41) is 15.7. The van der Waals surface area contributed by atoms with Crippen molar-refractivity contribution >= 4 is 11.9 Å². The Kier molecular flexibility index (Phi) is 3.26. The minimum atomic E-state index is -0.294. The molecular weight excluding hydrogens is 236 g/mol. The fourth-order valence-corrected chi connectivity index (χ4v) is 1.55. The van der Waals surface area contributed by atoms with Gasteiger partial charge in [0.1, 0.15) is 0 Å². The second-order valence-electron chi connectivity index (χ2n) is 3.66. The summed E-state index contributed by atoms with van der Waals surface area (Å²) in [7, 11) is 0. The Balaban J connectivity index is 2.11. The minimum Gasteiger partial charge on any atom is -0.463 e. The predicted molar refractivity (Wildman–Crippen MR) is 63.6 cm³/mol. The number of hydrogen-bond donors (Lipinski definition) is 3. The standard InChI is InChI=1S/C10H14N6O2/c1-4-18-10-12-9(15-16-10)11-8(17)7-5(2)13-14-6(7)3/h4H2,1-3H3,(H,13,14)(H2,11,12,15,16,17). The van der Waals surface area contributed by atoms with Crippen LogP contribution in [0.3, 0.4) is 0 Å². The number of aromatic nitrogens is 5. The van der Waals surface area contributed by atoms with Gasteiger partial charge in [0.05, 0.1) is 17.9 Å². The van der Waals surface area contributed by atoms with Gasteiger partial charge < -0.3 is 4.74 Å². The van der Waals surface area contributed by atoms with Gasteiger partial charge in [0.15, 0.2) is 0 Å². The highest BCUT2D eigenvalue weighted by Gasteiger charge is 2.16. The van der Waals surface area contributed by atoms with Gasteiger partial charge in [-0.25, -0.2) is 5.10 Å². The Labute approximate surface area is 103 Å². The molecule has 0 aliphatic rings. The first-order chi connectivity index (χ1) is 8.61. The number of aromatic amines is 2. The summed E-state index contributed by atoms with van der Waals surface area (Å²) in [5.74, 6) is -0.0543. The van der Waals surface area contributed by atoms with Gasteiger partial charge in [-0.1, -0.05) is 0 Å². The highest BCUT2D eigenvalue weighted by molar-refractivity contribution is 6.04. The van der Waals surface area contributed by atoms with E-state index in [1.807, 2.05) is 6.92 Å². The maximum absolute atomic E-state index is 12.0. The molecule has 96 valence electrons. The number of carbonyl (C=O) groups excluding carboxylic acids is 1. The Bertz CT molecular complexity index is 539. The molecule has 0 aliphatic carbocycles. The Hall–Kier alpha value is -2.38. The molecule has 8 nitrogen and oxygen atoms in total. The molecule has 2 aromatic heterocycles. The van der Waals surface area contributed by atoms with Crippen LogP contribution in [-0.2, 0) is 0 Å². The normalized spacial score (nSPS) is 10.4. The molecule has 2 heterocycles. The van der Waals surface area contributed by atoms with Crippen LogP contribution in [0.2, 0.25) is 0 Å². The van der Waals surface area contributed by atoms with Crippen LogP contribution in [0.25, 0.3) is 0 Å². The van der Waals surface area contributed by atoms with E-state index >= 15 is 0 Å². The summed E-state index contributed by atoms with van der Waals surface area (Å²) >= 11 is 0. The van der Waals surface area contributed by atoms with Crippen molar-refractivity contribution in [2.24, 2.45) is 0 Å². The Morgan fingerprint density at radius 3 is 2.72 bits per heavy atom. The molecule has 0 unspecified atom stereocenters. The molecule has 1 amide bonds. The van der Waals surface area contributed by atoms with Crippen molar-refractivity contribution in [3.8, 4) is 6.01 Å². The number of amides is 1. The molecule has 0 saturated carbocycles. The average molecular weight is 250 g/mol. The van der Waals surface area contributed by atoms with Crippen LogP contribution < -0.4 is 10.1 Å². The molecule has 8 heteroatoms. The number of nitrogens with one attached hydrogen (secondary N) is 3. The zero-order valence-corrected chi connectivity index (χ0v) is 10.4. The quantitative estimate of drug-likeness (QED) is 0.743. The fourth-order valence-electron chi connectivity index (χ4n) is 1.55. The number of carbonyl (C=O) groups is 1. The topological polar surface area (TPSA) is 109 Å². The van der Waals surface area contributed by atoms with Crippen molar-refractivity contribution in [1.82, 2.24) is 25.4 Å². The van der Waals surface area contributed by atoms with E-state index < -0.39 is 0 Å². The molecule has 3 N–H and O–H groups in total.